The molecule has 4 rings (SSSR count). The van der Waals surface area contributed by atoms with Gasteiger partial charge in [0.25, 0.3) is 0 Å². The molecule has 0 bridgehead atoms. The van der Waals surface area contributed by atoms with E-state index in [9.17, 15) is 10.2 Å². The van der Waals surface area contributed by atoms with Gasteiger partial charge in [-0.1, -0.05) is 31.9 Å². The van der Waals surface area contributed by atoms with Gasteiger partial charge in [0.15, 0.2) is 0 Å². The van der Waals surface area contributed by atoms with Crippen LogP contribution in [-0.2, 0) is 0 Å². The van der Waals surface area contributed by atoms with Crippen molar-refractivity contribution in [3.05, 3.63) is 11.6 Å². The summed E-state index contributed by atoms with van der Waals surface area (Å²) in [5, 5.41) is 21.1. The summed E-state index contributed by atoms with van der Waals surface area (Å²) in [4.78, 5) is 0. The average Bonchev–Trinajstić information content (AvgIpc) is 2.86. The van der Waals surface area contributed by atoms with Crippen molar-refractivity contribution in [3.63, 3.8) is 0 Å². The molecule has 0 aliphatic heterocycles. The summed E-state index contributed by atoms with van der Waals surface area (Å²) in [6, 6.07) is 0. The lowest BCUT2D eigenvalue weighted by Crippen LogP contribution is -2.53. The lowest BCUT2D eigenvalue weighted by atomic mass is 9.47. The van der Waals surface area contributed by atoms with Crippen molar-refractivity contribution in [2.45, 2.75) is 77.4 Å². The molecule has 3 saturated carbocycles. The Hall–Kier alpha value is 0.01000. The lowest BCUT2D eigenvalue weighted by Gasteiger charge is -2.59. The van der Waals surface area contributed by atoms with Gasteiger partial charge in [-0.05, 0) is 80.3 Å². The van der Waals surface area contributed by atoms with Crippen molar-refractivity contribution in [2.75, 3.05) is 12.0 Å². The van der Waals surface area contributed by atoms with E-state index in [1.807, 2.05) is 11.8 Å². The molecule has 0 aromatic carbocycles. The number of allylic oxidation sites excluding steroid dienone is 1. The second-order valence-electron chi connectivity index (χ2n) is 9.71. The van der Waals surface area contributed by atoms with Crippen LogP contribution in [0.3, 0.4) is 0 Å². The van der Waals surface area contributed by atoms with Gasteiger partial charge in [0.2, 0.25) is 0 Å². The molecule has 0 unspecified atom stereocenters. The zero-order chi connectivity index (χ0) is 17.8. The quantitative estimate of drug-likeness (QED) is 0.716. The summed E-state index contributed by atoms with van der Waals surface area (Å²) in [6.45, 7) is 4.71. The maximum absolute atomic E-state index is 10.9. The van der Waals surface area contributed by atoms with Crippen LogP contribution >= 0.6 is 11.8 Å². The summed E-state index contributed by atoms with van der Waals surface area (Å²) in [5.41, 5.74) is 2.05. The molecular weight excluding hydrogens is 328 g/mol. The Labute approximate surface area is 157 Å². The molecule has 3 heteroatoms. The van der Waals surface area contributed by atoms with Gasteiger partial charge in [-0.25, -0.2) is 0 Å². The van der Waals surface area contributed by atoms with Gasteiger partial charge in [-0.15, -0.1) is 0 Å². The van der Waals surface area contributed by atoms with E-state index in [2.05, 4.69) is 26.2 Å². The fourth-order valence-corrected chi connectivity index (χ4v) is 8.70. The fourth-order valence-electron chi connectivity index (χ4n) is 7.65. The minimum atomic E-state index is -0.122. The maximum Gasteiger partial charge on any atom is 0.0599 e. The highest BCUT2D eigenvalue weighted by molar-refractivity contribution is 7.98. The van der Waals surface area contributed by atoms with E-state index in [1.165, 1.54) is 37.9 Å². The molecule has 2 N–H and O–H groups in total. The topological polar surface area (TPSA) is 40.5 Å². The van der Waals surface area contributed by atoms with Crippen LogP contribution in [0.5, 0.6) is 0 Å². The Bertz CT molecular complexity index is 546. The first-order chi connectivity index (χ1) is 12.0. The third kappa shape index (κ3) is 2.59. The van der Waals surface area contributed by atoms with Crippen molar-refractivity contribution in [2.24, 2.45) is 34.5 Å². The molecule has 0 saturated heterocycles. The van der Waals surface area contributed by atoms with Crippen LogP contribution < -0.4 is 0 Å². The van der Waals surface area contributed by atoms with Crippen LogP contribution in [0.2, 0.25) is 0 Å². The number of fused-ring (bicyclic) bond motifs is 5. The first-order valence-corrected chi connectivity index (χ1v) is 11.9. The van der Waals surface area contributed by atoms with E-state index in [0.717, 1.165) is 31.1 Å². The van der Waals surface area contributed by atoms with Gasteiger partial charge in [0.05, 0.1) is 12.2 Å². The molecule has 0 aromatic rings. The summed E-state index contributed by atoms with van der Waals surface area (Å²) >= 11 is 2.00. The molecule has 8 atom stereocenters. The van der Waals surface area contributed by atoms with Gasteiger partial charge in [0, 0.05) is 11.2 Å². The fraction of sp³-hybridized carbons (Fsp3) is 0.909. The van der Waals surface area contributed by atoms with E-state index in [-0.39, 0.29) is 17.6 Å². The highest BCUT2D eigenvalue weighted by Gasteiger charge is 2.61. The van der Waals surface area contributed by atoms with E-state index < -0.39 is 0 Å². The first kappa shape index (κ1) is 18.4. The number of aliphatic hydroxyl groups excluding tert-OH is 2. The standard InChI is InChI=1S/C22H36O2S/c1-4-14-11-19(24)21(2)9-8-18-17(20(14)21)6-5-15-12-16(23)7-10-22(15,18)13-25-3/h5,14,16-20,23-24H,4,6-13H2,1-3H3/t14-,16+,17-,18+,19+,20+,21-,22-/m1/s1. The van der Waals surface area contributed by atoms with Gasteiger partial charge in [-0.2, -0.15) is 11.8 Å². The molecule has 142 valence electrons. The third-order valence-electron chi connectivity index (χ3n) is 8.82. The van der Waals surface area contributed by atoms with E-state index in [0.29, 0.717) is 17.3 Å². The summed E-state index contributed by atoms with van der Waals surface area (Å²) in [5.74, 6) is 4.12. The molecule has 25 heavy (non-hydrogen) atoms. The van der Waals surface area contributed by atoms with Crippen LogP contribution in [0.25, 0.3) is 0 Å². The molecule has 0 amide bonds. The second kappa shape index (κ2) is 6.56. The number of aliphatic hydroxyl groups is 2. The van der Waals surface area contributed by atoms with Crippen molar-refractivity contribution < 1.29 is 10.2 Å². The smallest absolute Gasteiger partial charge is 0.0599 e. The van der Waals surface area contributed by atoms with Crippen molar-refractivity contribution in [1.29, 1.82) is 0 Å². The van der Waals surface area contributed by atoms with Crippen molar-refractivity contribution in [3.8, 4) is 0 Å². The molecule has 2 nitrogen and oxygen atoms in total. The van der Waals surface area contributed by atoms with E-state index in [4.69, 9.17) is 0 Å². The van der Waals surface area contributed by atoms with Gasteiger partial charge in [-0.3, -0.25) is 0 Å². The highest BCUT2D eigenvalue weighted by Crippen LogP contribution is 2.66. The number of hydrogen-bond acceptors (Lipinski definition) is 3. The van der Waals surface area contributed by atoms with Crippen LogP contribution in [0.15, 0.2) is 11.6 Å². The van der Waals surface area contributed by atoms with E-state index >= 15 is 0 Å². The second-order valence-corrected chi connectivity index (χ2v) is 10.6. The normalized spacial score (nSPS) is 52.1. The predicted molar refractivity (Wildman–Crippen MR) is 106 cm³/mol. The summed E-state index contributed by atoms with van der Waals surface area (Å²) in [6.07, 6.45) is 13.5. The van der Waals surface area contributed by atoms with Crippen LogP contribution in [-0.4, -0.2) is 34.4 Å². The number of rotatable bonds is 3. The molecule has 4 aliphatic carbocycles. The largest absolute Gasteiger partial charge is 0.393 e. The van der Waals surface area contributed by atoms with E-state index in [1.54, 1.807) is 5.57 Å². The minimum absolute atomic E-state index is 0.0987. The van der Waals surface area contributed by atoms with Crippen LogP contribution in [0.4, 0.5) is 0 Å². The maximum atomic E-state index is 10.9. The van der Waals surface area contributed by atoms with Gasteiger partial charge in [0.1, 0.15) is 0 Å². The van der Waals surface area contributed by atoms with Crippen LogP contribution in [0, 0.1) is 34.5 Å². The highest BCUT2D eigenvalue weighted by atomic mass is 32.2. The third-order valence-corrected chi connectivity index (χ3v) is 9.62. The molecule has 0 aromatic heterocycles. The number of thioether (sulfide) groups is 1. The van der Waals surface area contributed by atoms with Crippen LogP contribution in [0.1, 0.15) is 65.2 Å². The Balaban J connectivity index is 1.73. The molecule has 4 aliphatic rings. The van der Waals surface area contributed by atoms with Crippen molar-refractivity contribution in [1.82, 2.24) is 0 Å². The molecule has 3 fully saturated rings. The zero-order valence-corrected chi connectivity index (χ0v) is 17.0. The van der Waals surface area contributed by atoms with Crippen molar-refractivity contribution >= 4 is 11.8 Å². The Morgan fingerprint density at radius 3 is 2.76 bits per heavy atom. The Kier molecular flexibility index (Phi) is 4.82. The molecular formula is C22H36O2S. The Morgan fingerprint density at radius 1 is 1.24 bits per heavy atom. The molecule has 0 spiro atoms. The lowest BCUT2D eigenvalue weighted by molar-refractivity contribution is -0.0779. The molecule has 0 radical (unpaired) electrons. The average molecular weight is 365 g/mol. The Morgan fingerprint density at radius 2 is 2.04 bits per heavy atom. The number of hydrogen-bond donors (Lipinski definition) is 2. The minimum Gasteiger partial charge on any atom is -0.393 e. The zero-order valence-electron chi connectivity index (χ0n) is 16.2. The summed E-state index contributed by atoms with van der Waals surface area (Å²) < 4.78 is 0. The monoisotopic (exact) mass is 364 g/mol. The predicted octanol–water partition coefficient (Wildman–Crippen LogP) is 4.65. The summed E-state index contributed by atoms with van der Waals surface area (Å²) in [7, 11) is 0. The SMILES string of the molecule is CC[C@@H]1C[C@H](O)[C@@]2(C)CC[C@H]3[C@@H](CC=C4C[C@@H](O)CC[C@@]43CSC)[C@H]12. The van der Waals surface area contributed by atoms with Gasteiger partial charge >= 0.3 is 0 Å². The van der Waals surface area contributed by atoms with Gasteiger partial charge < -0.3 is 10.2 Å². The first-order valence-electron chi connectivity index (χ1n) is 10.5. The molecule has 0 heterocycles.